The van der Waals surface area contributed by atoms with Gasteiger partial charge in [0.1, 0.15) is 5.69 Å². The zero-order valence-electron chi connectivity index (χ0n) is 10.9. The summed E-state index contributed by atoms with van der Waals surface area (Å²) < 4.78 is 1.52. The Hall–Kier alpha value is -1.85. The van der Waals surface area contributed by atoms with Gasteiger partial charge in [-0.15, -0.1) is 0 Å². The molecule has 0 aliphatic heterocycles. The highest BCUT2D eigenvalue weighted by atomic mass is 16.4. The SMILES string of the molecule is CCCc1cc(C(=O)NC[C@@H](C)C(=O)O)n(C)n1. The zero-order valence-corrected chi connectivity index (χ0v) is 10.9. The van der Waals surface area contributed by atoms with Gasteiger partial charge >= 0.3 is 5.97 Å². The van der Waals surface area contributed by atoms with Gasteiger partial charge < -0.3 is 10.4 Å². The number of rotatable bonds is 6. The molecule has 1 rings (SSSR count). The summed E-state index contributed by atoms with van der Waals surface area (Å²) in [7, 11) is 1.70. The Kier molecular flexibility index (Phi) is 4.88. The van der Waals surface area contributed by atoms with E-state index in [4.69, 9.17) is 5.11 Å². The summed E-state index contributed by atoms with van der Waals surface area (Å²) >= 11 is 0. The predicted molar refractivity (Wildman–Crippen MR) is 66.3 cm³/mol. The molecule has 0 saturated carbocycles. The Balaban J connectivity index is 2.64. The Bertz CT molecular complexity index is 440. The lowest BCUT2D eigenvalue weighted by molar-refractivity contribution is -0.140. The molecule has 0 aromatic carbocycles. The quantitative estimate of drug-likeness (QED) is 0.786. The van der Waals surface area contributed by atoms with Crippen LogP contribution in [-0.4, -0.2) is 33.3 Å². The highest BCUT2D eigenvalue weighted by Crippen LogP contribution is 2.05. The summed E-state index contributed by atoms with van der Waals surface area (Å²) in [5.41, 5.74) is 1.33. The van der Waals surface area contributed by atoms with E-state index in [1.807, 2.05) is 6.92 Å². The van der Waals surface area contributed by atoms with Crippen molar-refractivity contribution in [2.45, 2.75) is 26.7 Å². The fraction of sp³-hybridized carbons (Fsp3) is 0.583. The average molecular weight is 253 g/mol. The van der Waals surface area contributed by atoms with Crippen molar-refractivity contribution in [2.24, 2.45) is 13.0 Å². The van der Waals surface area contributed by atoms with E-state index in [0.717, 1.165) is 18.5 Å². The van der Waals surface area contributed by atoms with Crippen LogP contribution in [0.4, 0.5) is 0 Å². The maximum absolute atomic E-state index is 11.8. The molecule has 1 amide bonds. The first-order chi connectivity index (χ1) is 8.45. The van der Waals surface area contributed by atoms with Gasteiger partial charge in [0.05, 0.1) is 11.6 Å². The van der Waals surface area contributed by atoms with Gasteiger partial charge in [0.25, 0.3) is 5.91 Å². The Morgan fingerprint density at radius 2 is 2.22 bits per heavy atom. The van der Waals surface area contributed by atoms with Gasteiger partial charge in [-0.2, -0.15) is 5.10 Å². The minimum atomic E-state index is -0.924. The molecule has 6 heteroatoms. The van der Waals surface area contributed by atoms with Crippen LogP contribution < -0.4 is 5.32 Å². The van der Waals surface area contributed by atoms with Crippen LogP contribution in [0.3, 0.4) is 0 Å². The molecular formula is C12H19N3O3. The molecule has 6 nitrogen and oxygen atoms in total. The standard InChI is InChI=1S/C12H19N3O3/c1-4-5-9-6-10(15(3)14-9)11(16)13-7-8(2)12(17)18/h6,8H,4-5,7H2,1-3H3,(H,13,16)(H,17,18)/t8-/m1/s1. The monoisotopic (exact) mass is 253 g/mol. The van der Waals surface area contributed by atoms with Crippen molar-refractivity contribution in [3.63, 3.8) is 0 Å². The van der Waals surface area contributed by atoms with Crippen LogP contribution in [0.2, 0.25) is 0 Å². The molecule has 0 radical (unpaired) electrons. The first-order valence-corrected chi connectivity index (χ1v) is 5.99. The molecular weight excluding hydrogens is 234 g/mol. The molecule has 0 unspecified atom stereocenters. The Labute approximate surface area is 106 Å². The van der Waals surface area contributed by atoms with E-state index in [-0.39, 0.29) is 12.5 Å². The minimum Gasteiger partial charge on any atom is -0.481 e. The number of aromatic nitrogens is 2. The van der Waals surface area contributed by atoms with E-state index in [1.54, 1.807) is 20.0 Å². The van der Waals surface area contributed by atoms with E-state index in [1.165, 1.54) is 4.68 Å². The molecule has 1 heterocycles. The maximum Gasteiger partial charge on any atom is 0.308 e. The van der Waals surface area contributed by atoms with Crippen LogP contribution in [0.5, 0.6) is 0 Å². The van der Waals surface area contributed by atoms with Crippen molar-refractivity contribution >= 4 is 11.9 Å². The van der Waals surface area contributed by atoms with Crippen molar-refractivity contribution < 1.29 is 14.7 Å². The predicted octanol–water partition coefficient (Wildman–Crippen LogP) is 0.823. The summed E-state index contributed by atoms with van der Waals surface area (Å²) in [6, 6.07) is 1.74. The van der Waals surface area contributed by atoms with Crippen LogP contribution in [0.25, 0.3) is 0 Å². The number of carboxylic acid groups (broad SMARTS) is 1. The molecule has 0 aliphatic carbocycles. The zero-order chi connectivity index (χ0) is 13.7. The van der Waals surface area contributed by atoms with E-state index in [2.05, 4.69) is 10.4 Å². The molecule has 18 heavy (non-hydrogen) atoms. The van der Waals surface area contributed by atoms with Gasteiger partial charge in [0.15, 0.2) is 0 Å². The third-order valence-electron chi connectivity index (χ3n) is 2.66. The molecule has 0 spiro atoms. The van der Waals surface area contributed by atoms with Crippen LogP contribution in [0, 0.1) is 5.92 Å². The molecule has 0 aliphatic rings. The molecule has 2 N–H and O–H groups in total. The summed E-state index contributed by atoms with van der Waals surface area (Å²) in [5, 5.41) is 15.5. The number of hydrogen-bond donors (Lipinski definition) is 2. The van der Waals surface area contributed by atoms with Gasteiger partial charge in [0.2, 0.25) is 0 Å². The number of carboxylic acids is 1. The third-order valence-corrected chi connectivity index (χ3v) is 2.66. The maximum atomic E-state index is 11.8. The van der Waals surface area contributed by atoms with E-state index in [9.17, 15) is 9.59 Å². The van der Waals surface area contributed by atoms with Crippen molar-refractivity contribution in [2.75, 3.05) is 6.54 Å². The lowest BCUT2D eigenvalue weighted by Crippen LogP contribution is -2.32. The Morgan fingerprint density at radius 1 is 1.56 bits per heavy atom. The molecule has 1 atom stereocenters. The van der Waals surface area contributed by atoms with Crippen molar-refractivity contribution in [1.29, 1.82) is 0 Å². The highest BCUT2D eigenvalue weighted by Gasteiger charge is 2.16. The second-order valence-electron chi connectivity index (χ2n) is 4.34. The molecule has 0 saturated heterocycles. The number of amides is 1. The number of hydrogen-bond acceptors (Lipinski definition) is 3. The van der Waals surface area contributed by atoms with Gasteiger partial charge in [-0.25, -0.2) is 0 Å². The molecule has 0 fully saturated rings. The lowest BCUT2D eigenvalue weighted by atomic mass is 10.2. The number of nitrogens with one attached hydrogen (secondary N) is 1. The molecule has 100 valence electrons. The van der Waals surface area contributed by atoms with Crippen molar-refractivity contribution in [1.82, 2.24) is 15.1 Å². The van der Waals surface area contributed by atoms with Crippen molar-refractivity contribution in [3.05, 3.63) is 17.5 Å². The second kappa shape index (κ2) is 6.18. The van der Waals surface area contributed by atoms with E-state index < -0.39 is 11.9 Å². The third kappa shape index (κ3) is 3.58. The minimum absolute atomic E-state index is 0.114. The number of carbonyl (C=O) groups excluding carboxylic acids is 1. The van der Waals surface area contributed by atoms with E-state index in [0.29, 0.717) is 5.69 Å². The topological polar surface area (TPSA) is 84.2 Å². The van der Waals surface area contributed by atoms with Crippen LogP contribution in [0.15, 0.2) is 6.07 Å². The van der Waals surface area contributed by atoms with Gasteiger partial charge in [0, 0.05) is 13.6 Å². The van der Waals surface area contributed by atoms with Crippen molar-refractivity contribution in [3.8, 4) is 0 Å². The number of nitrogens with zero attached hydrogens (tertiary/aromatic N) is 2. The first kappa shape index (κ1) is 14.2. The normalized spacial score (nSPS) is 12.2. The fourth-order valence-corrected chi connectivity index (χ4v) is 1.54. The first-order valence-electron chi connectivity index (χ1n) is 5.99. The summed E-state index contributed by atoms with van der Waals surface area (Å²) in [4.78, 5) is 22.5. The smallest absolute Gasteiger partial charge is 0.308 e. The summed E-state index contributed by atoms with van der Waals surface area (Å²) in [5.74, 6) is -1.82. The second-order valence-corrected chi connectivity index (χ2v) is 4.34. The average Bonchev–Trinajstić information content (AvgIpc) is 2.67. The molecule has 1 aromatic heterocycles. The van der Waals surface area contributed by atoms with Gasteiger partial charge in [-0.3, -0.25) is 14.3 Å². The molecule has 0 bridgehead atoms. The van der Waals surface area contributed by atoms with Crippen LogP contribution in [-0.2, 0) is 18.3 Å². The fourth-order valence-electron chi connectivity index (χ4n) is 1.54. The number of aliphatic carboxylic acids is 1. The van der Waals surface area contributed by atoms with Gasteiger partial charge in [-0.05, 0) is 12.5 Å². The van der Waals surface area contributed by atoms with Gasteiger partial charge in [-0.1, -0.05) is 20.3 Å². The summed E-state index contributed by atoms with van der Waals surface area (Å²) in [6.07, 6.45) is 1.79. The summed E-state index contributed by atoms with van der Waals surface area (Å²) in [6.45, 7) is 3.71. The lowest BCUT2D eigenvalue weighted by Gasteiger charge is -2.08. The van der Waals surface area contributed by atoms with Crippen LogP contribution >= 0.6 is 0 Å². The molecule has 1 aromatic rings. The number of aryl methyl sites for hydroxylation is 2. The van der Waals surface area contributed by atoms with E-state index >= 15 is 0 Å². The van der Waals surface area contributed by atoms with Crippen LogP contribution in [0.1, 0.15) is 36.5 Å². The number of carbonyl (C=O) groups is 2. The highest BCUT2D eigenvalue weighted by molar-refractivity contribution is 5.92. The largest absolute Gasteiger partial charge is 0.481 e. The Morgan fingerprint density at radius 3 is 2.78 bits per heavy atom.